The van der Waals surface area contributed by atoms with E-state index < -0.39 is 5.97 Å². The highest BCUT2D eigenvalue weighted by Crippen LogP contribution is 2.49. The Bertz CT molecular complexity index is 316. The van der Waals surface area contributed by atoms with Crippen molar-refractivity contribution in [3.05, 3.63) is 21.9 Å². The van der Waals surface area contributed by atoms with Crippen LogP contribution in [-0.2, 0) is 4.79 Å². The number of rotatable bonds is 2. The Hall–Kier alpha value is -0.830. The van der Waals surface area contributed by atoms with Gasteiger partial charge >= 0.3 is 0 Å². The molecule has 1 heterocycles. The summed E-state index contributed by atoms with van der Waals surface area (Å²) in [4.78, 5) is 12.9. The molecule has 0 aromatic carbocycles. The lowest BCUT2D eigenvalue weighted by molar-refractivity contribution is -0.308. The fraction of sp³-hybridized carbons (Fsp3) is 0.444. The fourth-order valence-corrected chi connectivity index (χ4v) is 2.48. The number of carboxylic acid groups (broad SMARTS) is 1. The Morgan fingerprint density at radius 2 is 2.42 bits per heavy atom. The topological polar surface area (TPSA) is 40.1 Å². The molecule has 0 saturated heterocycles. The SMILES string of the molecule is Cc1ccc(C2CC2C(=O)[O-])s1. The van der Waals surface area contributed by atoms with Crippen LogP contribution in [-0.4, -0.2) is 5.97 Å². The zero-order valence-electron chi connectivity index (χ0n) is 6.74. The molecule has 12 heavy (non-hydrogen) atoms. The van der Waals surface area contributed by atoms with E-state index in [-0.39, 0.29) is 11.8 Å². The van der Waals surface area contributed by atoms with Gasteiger partial charge < -0.3 is 9.90 Å². The van der Waals surface area contributed by atoms with Crippen molar-refractivity contribution in [3.8, 4) is 0 Å². The highest BCUT2D eigenvalue weighted by atomic mass is 32.1. The van der Waals surface area contributed by atoms with Crippen molar-refractivity contribution in [1.29, 1.82) is 0 Å². The van der Waals surface area contributed by atoms with Gasteiger partial charge in [-0.25, -0.2) is 0 Å². The number of aryl methyl sites for hydroxylation is 1. The molecule has 3 heteroatoms. The van der Waals surface area contributed by atoms with Gasteiger partial charge in [-0.15, -0.1) is 11.3 Å². The van der Waals surface area contributed by atoms with Crippen molar-refractivity contribution >= 4 is 17.3 Å². The highest BCUT2D eigenvalue weighted by Gasteiger charge is 2.40. The van der Waals surface area contributed by atoms with Crippen molar-refractivity contribution < 1.29 is 9.90 Å². The maximum Gasteiger partial charge on any atom is 0.0451 e. The van der Waals surface area contributed by atoms with Crippen LogP contribution in [0, 0.1) is 12.8 Å². The molecule has 2 rings (SSSR count). The average molecular weight is 181 g/mol. The van der Waals surface area contributed by atoms with Crippen molar-refractivity contribution in [2.75, 3.05) is 0 Å². The number of carbonyl (C=O) groups is 1. The van der Waals surface area contributed by atoms with E-state index in [4.69, 9.17) is 0 Å². The third kappa shape index (κ3) is 1.25. The van der Waals surface area contributed by atoms with Crippen molar-refractivity contribution in [2.45, 2.75) is 19.3 Å². The predicted octanol–water partition coefficient (Wildman–Crippen LogP) is 0.910. The molecule has 0 bridgehead atoms. The standard InChI is InChI=1S/C9H10O2S/c1-5-2-3-8(12-5)6-4-7(6)9(10)11/h2-3,6-7H,4H2,1H3,(H,10,11)/p-1. The molecular weight excluding hydrogens is 172 g/mol. The van der Waals surface area contributed by atoms with E-state index in [0.29, 0.717) is 0 Å². The Morgan fingerprint density at radius 1 is 1.67 bits per heavy atom. The highest BCUT2D eigenvalue weighted by molar-refractivity contribution is 7.12. The van der Waals surface area contributed by atoms with E-state index >= 15 is 0 Å². The second-order valence-electron chi connectivity index (χ2n) is 3.22. The molecule has 2 atom stereocenters. The van der Waals surface area contributed by atoms with Gasteiger partial charge in [0.15, 0.2) is 0 Å². The molecule has 0 radical (unpaired) electrons. The normalized spacial score (nSPS) is 27.1. The van der Waals surface area contributed by atoms with Crippen LogP contribution in [0.4, 0.5) is 0 Å². The molecule has 1 aromatic heterocycles. The first-order valence-corrected chi connectivity index (χ1v) is 4.77. The molecular formula is C9H9O2S-. The summed E-state index contributed by atoms with van der Waals surface area (Å²) in [6.45, 7) is 2.03. The summed E-state index contributed by atoms with van der Waals surface area (Å²) in [5.41, 5.74) is 0. The largest absolute Gasteiger partial charge is 0.550 e. The summed E-state index contributed by atoms with van der Waals surface area (Å²) in [6.07, 6.45) is 0.766. The van der Waals surface area contributed by atoms with Gasteiger partial charge in [-0.05, 0) is 25.5 Å². The number of hydrogen-bond donors (Lipinski definition) is 0. The van der Waals surface area contributed by atoms with Crippen molar-refractivity contribution in [3.63, 3.8) is 0 Å². The molecule has 2 nitrogen and oxygen atoms in total. The quantitative estimate of drug-likeness (QED) is 0.680. The molecule has 0 aliphatic heterocycles. The zero-order chi connectivity index (χ0) is 8.72. The van der Waals surface area contributed by atoms with Crippen LogP contribution in [0.15, 0.2) is 12.1 Å². The maximum atomic E-state index is 10.4. The summed E-state index contributed by atoms with van der Waals surface area (Å²) in [7, 11) is 0. The molecule has 1 aromatic rings. The first kappa shape index (κ1) is 7.80. The van der Waals surface area contributed by atoms with Crippen LogP contribution in [0.2, 0.25) is 0 Å². The minimum atomic E-state index is -0.897. The first-order valence-electron chi connectivity index (χ1n) is 3.95. The van der Waals surface area contributed by atoms with Gasteiger partial charge in [0, 0.05) is 27.6 Å². The van der Waals surface area contributed by atoms with Crippen molar-refractivity contribution in [2.24, 2.45) is 5.92 Å². The van der Waals surface area contributed by atoms with Gasteiger partial charge in [-0.2, -0.15) is 0 Å². The van der Waals surface area contributed by atoms with Crippen LogP contribution in [0.1, 0.15) is 22.1 Å². The number of carbonyl (C=O) groups excluding carboxylic acids is 1. The lowest BCUT2D eigenvalue weighted by atomic mass is 10.3. The van der Waals surface area contributed by atoms with Gasteiger partial charge in [0.05, 0.1) is 0 Å². The van der Waals surface area contributed by atoms with Gasteiger partial charge in [0.25, 0.3) is 0 Å². The number of carboxylic acids is 1. The van der Waals surface area contributed by atoms with Gasteiger partial charge in [-0.1, -0.05) is 0 Å². The maximum absolute atomic E-state index is 10.4. The summed E-state index contributed by atoms with van der Waals surface area (Å²) in [5, 5.41) is 10.4. The fourth-order valence-electron chi connectivity index (χ4n) is 1.42. The summed E-state index contributed by atoms with van der Waals surface area (Å²) >= 11 is 1.69. The molecule has 1 aliphatic rings. The van der Waals surface area contributed by atoms with Crippen LogP contribution in [0.5, 0.6) is 0 Å². The molecule has 0 amide bonds. The zero-order valence-corrected chi connectivity index (χ0v) is 7.56. The minimum Gasteiger partial charge on any atom is -0.550 e. The van der Waals surface area contributed by atoms with E-state index in [1.165, 1.54) is 9.75 Å². The van der Waals surface area contributed by atoms with E-state index in [1.54, 1.807) is 11.3 Å². The van der Waals surface area contributed by atoms with Crippen LogP contribution in [0.25, 0.3) is 0 Å². The molecule has 1 fully saturated rings. The van der Waals surface area contributed by atoms with E-state index in [1.807, 2.05) is 19.1 Å². The number of aliphatic carboxylic acids is 1. The van der Waals surface area contributed by atoms with Gasteiger partial charge in [0.2, 0.25) is 0 Å². The van der Waals surface area contributed by atoms with E-state index in [9.17, 15) is 9.90 Å². The summed E-state index contributed by atoms with van der Waals surface area (Å²) < 4.78 is 0. The molecule has 64 valence electrons. The predicted molar refractivity (Wildman–Crippen MR) is 44.9 cm³/mol. The summed E-state index contributed by atoms with van der Waals surface area (Å²) in [5.74, 6) is -0.872. The monoisotopic (exact) mass is 181 g/mol. The van der Waals surface area contributed by atoms with Crippen LogP contribution in [0.3, 0.4) is 0 Å². The van der Waals surface area contributed by atoms with E-state index in [0.717, 1.165) is 6.42 Å². The molecule has 1 saturated carbocycles. The number of hydrogen-bond acceptors (Lipinski definition) is 3. The third-order valence-electron chi connectivity index (χ3n) is 2.22. The van der Waals surface area contributed by atoms with Gasteiger partial charge in [-0.3, -0.25) is 0 Å². The average Bonchev–Trinajstić information content (AvgIpc) is 2.70. The molecule has 1 aliphatic carbocycles. The third-order valence-corrected chi connectivity index (χ3v) is 3.35. The van der Waals surface area contributed by atoms with Crippen molar-refractivity contribution in [1.82, 2.24) is 0 Å². The van der Waals surface area contributed by atoms with Crippen LogP contribution < -0.4 is 5.11 Å². The Labute approximate surface area is 74.8 Å². The lowest BCUT2D eigenvalue weighted by Gasteiger charge is -1.97. The molecule has 0 spiro atoms. The minimum absolute atomic E-state index is 0.219. The molecule has 2 unspecified atom stereocenters. The smallest absolute Gasteiger partial charge is 0.0451 e. The molecule has 0 N–H and O–H groups in total. The second-order valence-corrected chi connectivity index (χ2v) is 4.54. The Balaban J connectivity index is 2.10. The van der Waals surface area contributed by atoms with Gasteiger partial charge in [0.1, 0.15) is 0 Å². The van der Waals surface area contributed by atoms with E-state index in [2.05, 4.69) is 0 Å². The first-order chi connectivity index (χ1) is 5.68. The lowest BCUT2D eigenvalue weighted by Crippen LogP contribution is -2.24. The summed E-state index contributed by atoms with van der Waals surface area (Å²) in [6, 6.07) is 4.05. The Kier molecular flexibility index (Phi) is 1.68. The second kappa shape index (κ2) is 2.59. The Morgan fingerprint density at radius 3 is 2.83 bits per heavy atom. The van der Waals surface area contributed by atoms with Crippen LogP contribution >= 0.6 is 11.3 Å². The number of thiophene rings is 1.